The summed E-state index contributed by atoms with van der Waals surface area (Å²) in [5.74, 6) is 1.63. The van der Waals surface area contributed by atoms with Crippen LogP contribution in [-0.4, -0.2) is 28.7 Å². The molecule has 3 fully saturated rings. The summed E-state index contributed by atoms with van der Waals surface area (Å²) in [5, 5.41) is 0. The third kappa shape index (κ3) is 1.35. The normalized spacial score (nSPS) is 41.7. The quantitative estimate of drug-likeness (QED) is 0.613. The summed E-state index contributed by atoms with van der Waals surface area (Å²) in [5.41, 5.74) is -0.358. The predicted molar refractivity (Wildman–Crippen MR) is 56.5 cm³/mol. The Balaban J connectivity index is 1.71. The van der Waals surface area contributed by atoms with Gasteiger partial charge in [0, 0.05) is 12.1 Å². The summed E-state index contributed by atoms with van der Waals surface area (Å²) in [6.45, 7) is 5.80. The van der Waals surface area contributed by atoms with Crippen molar-refractivity contribution in [1.82, 2.24) is 4.90 Å². The lowest BCUT2D eigenvalue weighted by molar-refractivity contribution is 0.0182. The maximum Gasteiger partial charge on any atom is 0.410 e. The molecule has 0 aromatic rings. The molecule has 1 aliphatic carbocycles. The summed E-state index contributed by atoms with van der Waals surface area (Å²) in [7, 11) is 0. The van der Waals surface area contributed by atoms with E-state index in [0.717, 1.165) is 11.8 Å². The van der Waals surface area contributed by atoms with Gasteiger partial charge >= 0.3 is 6.09 Å². The van der Waals surface area contributed by atoms with Crippen LogP contribution in [0.1, 0.15) is 40.0 Å². The molecule has 2 unspecified atom stereocenters. The molecular formula is C12H19NO2. The molecule has 0 aromatic heterocycles. The summed E-state index contributed by atoms with van der Waals surface area (Å²) < 4.78 is 5.46. The number of piperidine rings is 1. The van der Waals surface area contributed by atoms with Gasteiger partial charge in [-0.25, -0.2) is 4.79 Å². The van der Waals surface area contributed by atoms with Crippen molar-refractivity contribution in [3.63, 3.8) is 0 Å². The second kappa shape index (κ2) is 2.69. The van der Waals surface area contributed by atoms with E-state index in [4.69, 9.17) is 4.74 Å². The Bertz CT molecular complexity index is 291. The van der Waals surface area contributed by atoms with Gasteiger partial charge in [-0.2, -0.15) is 0 Å². The third-order valence-corrected chi connectivity index (χ3v) is 3.96. The molecule has 0 spiro atoms. The Kier molecular flexibility index (Phi) is 1.70. The van der Waals surface area contributed by atoms with Crippen LogP contribution in [0.4, 0.5) is 4.79 Å². The second-order valence-corrected chi connectivity index (χ2v) is 6.16. The van der Waals surface area contributed by atoms with Gasteiger partial charge in [-0.3, -0.25) is 0 Å². The Morgan fingerprint density at radius 3 is 2.20 bits per heavy atom. The number of amides is 1. The lowest BCUT2D eigenvalue weighted by Crippen LogP contribution is -2.41. The maximum atomic E-state index is 12.0. The molecule has 4 atom stereocenters. The highest BCUT2D eigenvalue weighted by molar-refractivity contribution is 5.70. The monoisotopic (exact) mass is 209 g/mol. The highest BCUT2D eigenvalue weighted by Crippen LogP contribution is 2.60. The van der Waals surface area contributed by atoms with E-state index in [0.29, 0.717) is 12.1 Å². The number of ether oxygens (including phenoxy) is 1. The number of hydrogen-bond acceptors (Lipinski definition) is 2. The molecule has 3 aliphatic rings. The fraction of sp³-hybridized carbons (Fsp3) is 0.917. The van der Waals surface area contributed by atoms with Crippen molar-refractivity contribution in [2.75, 3.05) is 0 Å². The molecule has 84 valence electrons. The lowest BCUT2D eigenvalue weighted by atomic mass is 10.0. The summed E-state index contributed by atoms with van der Waals surface area (Å²) in [6.07, 6.45) is 3.67. The number of carbonyl (C=O) groups excluding carboxylic acids is 1. The van der Waals surface area contributed by atoms with Crippen molar-refractivity contribution in [2.24, 2.45) is 11.8 Å². The number of nitrogens with zero attached hydrogens (tertiary/aromatic N) is 1. The number of carbonyl (C=O) groups is 1. The fourth-order valence-electron chi connectivity index (χ4n) is 3.41. The zero-order valence-electron chi connectivity index (χ0n) is 9.69. The van der Waals surface area contributed by atoms with Crippen LogP contribution in [0.3, 0.4) is 0 Å². The molecule has 0 radical (unpaired) electrons. The van der Waals surface area contributed by atoms with Crippen LogP contribution in [0, 0.1) is 11.8 Å². The largest absolute Gasteiger partial charge is 0.444 e. The van der Waals surface area contributed by atoms with Crippen LogP contribution in [0.25, 0.3) is 0 Å². The zero-order valence-corrected chi connectivity index (χ0v) is 9.69. The van der Waals surface area contributed by atoms with Gasteiger partial charge < -0.3 is 9.64 Å². The van der Waals surface area contributed by atoms with E-state index in [-0.39, 0.29) is 11.7 Å². The Morgan fingerprint density at radius 2 is 1.73 bits per heavy atom. The summed E-state index contributed by atoms with van der Waals surface area (Å²) in [6, 6.07) is 1.02. The van der Waals surface area contributed by atoms with Gasteiger partial charge in [0.15, 0.2) is 0 Å². The van der Waals surface area contributed by atoms with Crippen LogP contribution in [-0.2, 0) is 4.74 Å². The standard InChI is InChI=1S/C12H19NO2/c1-12(2,3)15-11(14)13-9-4-5-10(13)8-6-7(8)9/h7-10H,4-6H2,1-3H3/t7?,8?,9-,10+. The van der Waals surface area contributed by atoms with Crippen molar-refractivity contribution < 1.29 is 9.53 Å². The number of hydrogen-bond donors (Lipinski definition) is 0. The first-order chi connectivity index (χ1) is 6.97. The van der Waals surface area contributed by atoms with Crippen molar-refractivity contribution in [2.45, 2.75) is 57.7 Å². The predicted octanol–water partition coefficient (Wildman–Crippen LogP) is 2.40. The van der Waals surface area contributed by atoms with Crippen LogP contribution in [0.2, 0.25) is 0 Å². The van der Waals surface area contributed by atoms with E-state index in [1.165, 1.54) is 19.3 Å². The molecule has 3 nitrogen and oxygen atoms in total. The Labute approximate surface area is 90.8 Å². The molecule has 2 bridgehead atoms. The smallest absolute Gasteiger partial charge is 0.410 e. The number of rotatable bonds is 0. The minimum Gasteiger partial charge on any atom is -0.444 e. The van der Waals surface area contributed by atoms with E-state index >= 15 is 0 Å². The van der Waals surface area contributed by atoms with E-state index in [2.05, 4.69) is 0 Å². The topological polar surface area (TPSA) is 29.5 Å². The van der Waals surface area contributed by atoms with Crippen molar-refractivity contribution in [1.29, 1.82) is 0 Å². The number of fused-ring (bicyclic) bond motifs is 5. The van der Waals surface area contributed by atoms with Gasteiger partial charge in [0.2, 0.25) is 0 Å². The lowest BCUT2D eigenvalue weighted by Gasteiger charge is -2.29. The second-order valence-electron chi connectivity index (χ2n) is 6.16. The van der Waals surface area contributed by atoms with Crippen molar-refractivity contribution in [3.05, 3.63) is 0 Å². The average Bonchev–Trinajstić information content (AvgIpc) is 2.71. The Morgan fingerprint density at radius 1 is 1.20 bits per heavy atom. The maximum absolute atomic E-state index is 12.0. The first kappa shape index (κ1) is 9.49. The van der Waals surface area contributed by atoms with E-state index in [1.54, 1.807) is 0 Å². The van der Waals surface area contributed by atoms with E-state index in [1.807, 2.05) is 25.7 Å². The molecule has 0 N–H and O–H groups in total. The van der Waals surface area contributed by atoms with Crippen molar-refractivity contribution >= 4 is 6.09 Å². The molecule has 2 saturated heterocycles. The SMILES string of the molecule is CC(C)(C)OC(=O)N1[C@@H]2CC[C@H]1C1CC12. The molecular weight excluding hydrogens is 190 g/mol. The van der Waals surface area contributed by atoms with E-state index in [9.17, 15) is 4.79 Å². The van der Waals surface area contributed by atoms with Crippen LogP contribution >= 0.6 is 0 Å². The molecule has 2 aliphatic heterocycles. The van der Waals surface area contributed by atoms with Gasteiger partial charge in [-0.1, -0.05) is 0 Å². The summed E-state index contributed by atoms with van der Waals surface area (Å²) in [4.78, 5) is 14.0. The molecule has 0 aromatic carbocycles. The third-order valence-electron chi connectivity index (χ3n) is 3.96. The first-order valence-electron chi connectivity index (χ1n) is 5.99. The van der Waals surface area contributed by atoms with Gasteiger partial charge in [-0.05, 0) is 51.9 Å². The van der Waals surface area contributed by atoms with Gasteiger partial charge in [-0.15, -0.1) is 0 Å². The average molecular weight is 209 g/mol. The van der Waals surface area contributed by atoms with E-state index < -0.39 is 0 Å². The molecule has 3 heteroatoms. The highest BCUT2D eigenvalue weighted by atomic mass is 16.6. The minimum atomic E-state index is -0.358. The highest BCUT2D eigenvalue weighted by Gasteiger charge is 2.63. The molecule has 2 heterocycles. The zero-order chi connectivity index (χ0) is 10.8. The molecule has 1 amide bonds. The minimum absolute atomic E-state index is 0.0813. The summed E-state index contributed by atoms with van der Waals surface area (Å²) >= 11 is 0. The fourth-order valence-corrected chi connectivity index (χ4v) is 3.41. The molecule has 3 rings (SSSR count). The van der Waals surface area contributed by atoms with Crippen LogP contribution in [0.15, 0.2) is 0 Å². The van der Waals surface area contributed by atoms with Crippen molar-refractivity contribution in [3.8, 4) is 0 Å². The molecule has 15 heavy (non-hydrogen) atoms. The van der Waals surface area contributed by atoms with Gasteiger partial charge in [0.05, 0.1) is 0 Å². The van der Waals surface area contributed by atoms with Crippen LogP contribution < -0.4 is 0 Å². The Hall–Kier alpha value is -0.730. The van der Waals surface area contributed by atoms with Gasteiger partial charge in [0.25, 0.3) is 0 Å². The first-order valence-corrected chi connectivity index (χ1v) is 5.99. The molecule has 1 saturated carbocycles. The van der Waals surface area contributed by atoms with Gasteiger partial charge in [0.1, 0.15) is 5.60 Å². The van der Waals surface area contributed by atoms with Crippen LogP contribution in [0.5, 0.6) is 0 Å².